The highest BCUT2D eigenvalue weighted by atomic mass is 16.4. The van der Waals surface area contributed by atoms with Gasteiger partial charge in [0, 0.05) is 11.6 Å². The lowest BCUT2D eigenvalue weighted by Crippen LogP contribution is -2.20. The second kappa shape index (κ2) is 5.89. The van der Waals surface area contributed by atoms with Crippen LogP contribution in [-0.4, -0.2) is 10.1 Å². The summed E-state index contributed by atoms with van der Waals surface area (Å²) in [6.07, 6.45) is 0.885. The number of phenolic OH excluding ortho intramolecular Hbond substituents is 1. The number of hydrogen-bond donors (Lipinski definition) is 2. The molecule has 19 heavy (non-hydrogen) atoms. The number of nitrogens with one attached hydrogen (secondary N) is 1. The monoisotopic (exact) mass is 260 g/mol. The van der Waals surface area contributed by atoms with Crippen LogP contribution in [-0.2, 0) is 6.54 Å². The van der Waals surface area contributed by atoms with Gasteiger partial charge in [-0.2, -0.15) is 0 Å². The lowest BCUT2D eigenvalue weighted by Gasteiger charge is -2.17. The summed E-state index contributed by atoms with van der Waals surface area (Å²) in [5, 5.41) is 13.2. The fraction of sp³-hybridized carbons (Fsp3) is 0.400. The number of benzene rings is 1. The predicted octanol–water partition coefficient (Wildman–Crippen LogP) is 3.24. The number of aromatic hydroxyl groups is 1. The summed E-state index contributed by atoms with van der Waals surface area (Å²) in [6, 6.07) is 7.49. The minimum absolute atomic E-state index is 0.0914. The molecule has 0 aliphatic rings. The Morgan fingerprint density at radius 3 is 2.63 bits per heavy atom. The maximum Gasteiger partial charge on any atom is 0.208 e. The average molecular weight is 260 g/mol. The molecule has 0 saturated heterocycles. The molecule has 2 N–H and O–H groups in total. The zero-order valence-electron chi connectivity index (χ0n) is 11.6. The smallest absolute Gasteiger partial charge is 0.208 e. The largest absolute Gasteiger partial charge is 0.508 e. The molecule has 102 valence electrons. The van der Waals surface area contributed by atoms with E-state index in [1.807, 2.05) is 32.0 Å². The van der Waals surface area contributed by atoms with E-state index in [1.54, 1.807) is 6.07 Å². The van der Waals surface area contributed by atoms with Gasteiger partial charge in [0.1, 0.15) is 11.5 Å². The van der Waals surface area contributed by atoms with Gasteiger partial charge in [0.2, 0.25) is 5.89 Å². The van der Waals surface area contributed by atoms with Gasteiger partial charge in [0.15, 0.2) is 0 Å². The predicted molar refractivity (Wildman–Crippen MR) is 74.0 cm³/mol. The molecule has 0 spiro atoms. The zero-order chi connectivity index (χ0) is 13.8. The first-order valence-electron chi connectivity index (χ1n) is 6.56. The van der Waals surface area contributed by atoms with E-state index in [2.05, 4.69) is 17.2 Å². The zero-order valence-corrected chi connectivity index (χ0v) is 11.6. The number of hydrogen-bond acceptors (Lipinski definition) is 4. The lowest BCUT2D eigenvalue weighted by atomic mass is 10.0. The van der Waals surface area contributed by atoms with Crippen molar-refractivity contribution in [3.8, 4) is 5.75 Å². The lowest BCUT2D eigenvalue weighted by molar-refractivity contribution is 0.406. The summed E-state index contributed by atoms with van der Waals surface area (Å²) >= 11 is 0. The Morgan fingerprint density at radius 2 is 2.05 bits per heavy atom. The van der Waals surface area contributed by atoms with E-state index in [-0.39, 0.29) is 6.04 Å². The third kappa shape index (κ3) is 3.15. The molecular formula is C15H20N2O2. The Bertz CT molecular complexity index is 529. The summed E-state index contributed by atoms with van der Waals surface area (Å²) in [5.41, 5.74) is 1.83. The van der Waals surface area contributed by atoms with Crippen molar-refractivity contribution in [2.45, 2.75) is 39.8 Å². The molecule has 2 aromatic rings. The summed E-state index contributed by atoms with van der Waals surface area (Å²) in [5.74, 6) is 1.86. The van der Waals surface area contributed by atoms with Crippen molar-refractivity contribution in [3.05, 3.63) is 47.2 Å². The highest BCUT2D eigenvalue weighted by Crippen LogP contribution is 2.26. The van der Waals surface area contributed by atoms with Crippen molar-refractivity contribution >= 4 is 0 Å². The fourth-order valence-corrected chi connectivity index (χ4v) is 2.08. The van der Waals surface area contributed by atoms with Crippen LogP contribution in [0.5, 0.6) is 5.75 Å². The molecule has 0 fully saturated rings. The number of aromatic nitrogens is 1. The number of para-hydroxylation sites is 1. The number of nitrogens with zero attached hydrogens (tertiary/aromatic N) is 1. The number of aryl methyl sites for hydroxylation is 2. The molecule has 0 bridgehead atoms. The van der Waals surface area contributed by atoms with Crippen LogP contribution in [0.1, 0.15) is 42.3 Å². The molecule has 0 aliphatic carbocycles. The van der Waals surface area contributed by atoms with E-state index >= 15 is 0 Å². The molecule has 0 saturated carbocycles. The second-order valence-corrected chi connectivity index (χ2v) is 4.65. The molecule has 1 heterocycles. The molecule has 1 aromatic carbocycles. The number of oxazole rings is 1. The molecule has 0 amide bonds. The molecule has 4 nitrogen and oxygen atoms in total. The maximum absolute atomic E-state index is 9.88. The van der Waals surface area contributed by atoms with E-state index in [1.165, 1.54) is 0 Å². The topological polar surface area (TPSA) is 58.3 Å². The van der Waals surface area contributed by atoms with Crippen LogP contribution in [0.15, 0.2) is 28.7 Å². The first-order chi connectivity index (χ1) is 9.11. The van der Waals surface area contributed by atoms with Gasteiger partial charge in [-0.1, -0.05) is 25.1 Å². The van der Waals surface area contributed by atoms with Crippen LogP contribution >= 0.6 is 0 Å². The molecule has 1 unspecified atom stereocenters. The first-order valence-corrected chi connectivity index (χ1v) is 6.56. The van der Waals surface area contributed by atoms with Gasteiger partial charge in [-0.3, -0.25) is 0 Å². The molecule has 2 rings (SSSR count). The first kappa shape index (κ1) is 13.6. The summed E-state index contributed by atoms with van der Waals surface area (Å²) in [6.45, 7) is 6.48. The SMILES string of the molecule is CCC(NCc1nc(C)c(C)o1)c1ccccc1O. The second-order valence-electron chi connectivity index (χ2n) is 4.65. The van der Waals surface area contributed by atoms with Crippen LogP contribution in [0, 0.1) is 13.8 Å². The minimum Gasteiger partial charge on any atom is -0.508 e. The summed E-state index contributed by atoms with van der Waals surface area (Å²) in [4.78, 5) is 4.34. The Hall–Kier alpha value is -1.81. The summed E-state index contributed by atoms with van der Waals surface area (Å²) in [7, 11) is 0. The molecule has 1 atom stereocenters. The quantitative estimate of drug-likeness (QED) is 0.866. The summed E-state index contributed by atoms with van der Waals surface area (Å²) < 4.78 is 5.54. The Morgan fingerprint density at radius 1 is 1.32 bits per heavy atom. The van der Waals surface area contributed by atoms with E-state index in [9.17, 15) is 5.11 Å². The Labute approximate surface area is 113 Å². The van der Waals surface area contributed by atoms with Gasteiger partial charge in [-0.05, 0) is 26.3 Å². The molecule has 1 aromatic heterocycles. The molecular weight excluding hydrogens is 240 g/mol. The average Bonchev–Trinajstić information content (AvgIpc) is 2.71. The minimum atomic E-state index is 0.0914. The van der Waals surface area contributed by atoms with E-state index in [0.29, 0.717) is 18.2 Å². The highest BCUT2D eigenvalue weighted by Gasteiger charge is 2.14. The molecule has 0 radical (unpaired) electrons. The van der Waals surface area contributed by atoms with Crippen molar-refractivity contribution in [1.29, 1.82) is 0 Å². The van der Waals surface area contributed by atoms with Crippen LogP contribution in [0.25, 0.3) is 0 Å². The van der Waals surface area contributed by atoms with E-state index in [4.69, 9.17) is 4.42 Å². The third-order valence-corrected chi connectivity index (χ3v) is 3.29. The maximum atomic E-state index is 9.88. The Kier molecular flexibility index (Phi) is 4.22. The standard InChI is InChI=1S/C15H20N2O2/c1-4-13(12-7-5-6-8-14(12)18)16-9-15-17-10(2)11(3)19-15/h5-8,13,16,18H,4,9H2,1-3H3. The highest BCUT2D eigenvalue weighted by molar-refractivity contribution is 5.34. The van der Waals surface area contributed by atoms with Crippen molar-refractivity contribution in [3.63, 3.8) is 0 Å². The number of rotatable bonds is 5. The van der Waals surface area contributed by atoms with Crippen LogP contribution in [0.2, 0.25) is 0 Å². The van der Waals surface area contributed by atoms with Gasteiger partial charge in [0.25, 0.3) is 0 Å². The van der Waals surface area contributed by atoms with Gasteiger partial charge in [-0.25, -0.2) is 4.98 Å². The molecule has 0 aliphatic heterocycles. The van der Waals surface area contributed by atoms with Gasteiger partial charge in [0.05, 0.1) is 12.2 Å². The fourth-order valence-electron chi connectivity index (χ4n) is 2.08. The van der Waals surface area contributed by atoms with Crippen LogP contribution < -0.4 is 5.32 Å². The molecule has 4 heteroatoms. The van der Waals surface area contributed by atoms with Gasteiger partial charge < -0.3 is 14.8 Å². The number of phenols is 1. The van der Waals surface area contributed by atoms with E-state index in [0.717, 1.165) is 23.4 Å². The van der Waals surface area contributed by atoms with Crippen molar-refractivity contribution in [1.82, 2.24) is 10.3 Å². The van der Waals surface area contributed by atoms with Crippen LogP contribution in [0.3, 0.4) is 0 Å². The normalized spacial score (nSPS) is 12.6. The Balaban J connectivity index is 2.06. The van der Waals surface area contributed by atoms with Crippen molar-refractivity contribution in [2.75, 3.05) is 0 Å². The van der Waals surface area contributed by atoms with E-state index < -0.39 is 0 Å². The van der Waals surface area contributed by atoms with Crippen LogP contribution in [0.4, 0.5) is 0 Å². The third-order valence-electron chi connectivity index (χ3n) is 3.29. The van der Waals surface area contributed by atoms with Gasteiger partial charge >= 0.3 is 0 Å². The van der Waals surface area contributed by atoms with Crippen molar-refractivity contribution in [2.24, 2.45) is 0 Å². The van der Waals surface area contributed by atoms with Gasteiger partial charge in [-0.15, -0.1) is 0 Å². The van der Waals surface area contributed by atoms with Crippen molar-refractivity contribution < 1.29 is 9.52 Å².